The van der Waals surface area contributed by atoms with E-state index in [-0.39, 0.29) is 12.2 Å². The van der Waals surface area contributed by atoms with Crippen LogP contribution in [0.5, 0.6) is 0 Å². The van der Waals surface area contributed by atoms with Crippen molar-refractivity contribution >= 4 is 5.97 Å². The molecule has 64 valence electrons. The minimum atomic E-state index is -0.676. The molecule has 0 saturated heterocycles. The first kappa shape index (κ1) is 9.97. The number of carbonyl (C=O) groups excluding carboxylic acids is 1. The van der Waals surface area contributed by atoms with Gasteiger partial charge in [-0.2, -0.15) is 0 Å². The highest BCUT2D eigenvalue weighted by atomic mass is 16.5. The fourth-order valence-electron chi connectivity index (χ4n) is 0.363. The molecule has 0 rings (SSSR count). The van der Waals surface area contributed by atoms with Gasteiger partial charge in [0.05, 0.1) is 17.9 Å². The van der Waals surface area contributed by atoms with E-state index < -0.39 is 12.1 Å². The molecule has 2 N–H and O–H groups in total. The second-order valence-corrected chi connectivity index (χ2v) is 2.26. The van der Waals surface area contributed by atoms with E-state index in [1.54, 1.807) is 0 Å². The summed E-state index contributed by atoms with van der Waals surface area (Å²) in [5, 5.41) is 17.0. The molecule has 0 amide bonds. The third-order valence-electron chi connectivity index (χ3n) is 0.971. The Kier molecular flexibility index (Phi) is 4.29. The maximum absolute atomic E-state index is 10.7. The van der Waals surface area contributed by atoms with Crippen molar-refractivity contribution < 1.29 is 19.7 Å². The maximum atomic E-state index is 10.7. The summed E-state index contributed by atoms with van der Waals surface area (Å²) in [6.07, 6.45) is -0.00451. The van der Waals surface area contributed by atoms with Crippen LogP contribution in [0.2, 0.25) is 0 Å². The quantitative estimate of drug-likeness (QED) is 0.355. The van der Waals surface area contributed by atoms with Crippen molar-refractivity contribution in [1.82, 2.24) is 0 Å². The largest absolute Gasteiger partial charge is 0.515 e. The number of aliphatic hydroxyl groups is 2. The van der Waals surface area contributed by atoms with Gasteiger partial charge >= 0.3 is 5.97 Å². The van der Waals surface area contributed by atoms with E-state index in [2.05, 4.69) is 4.74 Å². The molecule has 4 nitrogen and oxygen atoms in total. The predicted octanol–water partition coefficient (Wildman–Crippen LogP) is 0.372. The standard InChI is InChI=1S/C7H12O4/c1-5(3-8)7(10)11-4-6(2)9/h3,6,8-9H,4H2,1-2H3. The zero-order chi connectivity index (χ0) is 8.85. The SMILES string of the molecule is CC(=CO)C(=O)OCC(C)O. The summed E-state index contributed by atoms with van der Waals surface area (Å²) in [7, 11) is 0. The second-order valence-electron chi connectivity index (χ2n) is 2.26. The molecular weight excluding hydrogens is 148 g/mol. The molecule has 0 aromatic rings. The van der Waals surface area contributed by atoms with E-state index in [1.165, 1.54) is 13.8 Å². The zero-order valence-electron chi connectivity index (χ0n) is 6.57. The predicted molar refractivity (Wildman–Crippen MR) is 39.0 cm³/mol. The number of hydrogen-bond acceptors (Lipinski definition) is 4. The first-order valence-corrected chi connectivity index (χ1v) is 3.24. The Labute approximate surface area is 65.1 Å². The Morgan fingerprint density at radius 1 is 1.73 bits per heavy atom. The summed E-state index contributed by atoms with van der Waals surface area (Å²) in [6.45, 7) is 2.87. The first-order valence-electron chi connectivity index (χ1n) is 3.24. The number of esters is 1. The smallest absolute Gasteiger partial charge is 0.336 e. The monoisotopic (exact) mass is 160 g/mol. The number of carbonyl (C=O) groups is 1. The van der Waals surface area contributed by atoms with Gasteiger partial charge in [-0.05, 0) is 13.8 Å². The average Bonchev–Trinajstić information content (AvgIpc) is 1.98. The molecule has 0 fully saturated rings. The molecule has 11 heavy (non-hydrogen) atoms. The van der Waals surface area contributed by atoms with Crippen molar-refractivity contribution in [3.63, 3.8) is 0 Å². The van der Waals surface area contributed by atoms with Gasteiger partial charge in [0.15, 0.2) is 0 Å². The molecule has 0 bridgehead atoms. The maximum Gasteiger partial charge on any atom is 0.336 e. The van der Waals surface area contributed by atoms with Crippen LogP contribution >= 0.6 is 0 Å². The lowest BCUT2D eigenvalue weighted by Gasteiger charge is -2.05. The first-order chi connectivity index (χ1) is 5.07. The number of hydrogen-bond donors (Lipinski definition) is 2. The van der Waals surface area contributed by atoms with E-state index in [4.69, 9.17) is 10.2 Å². The summed E-state index contributed by atoms with van der Waals surface area (Å²) in [5.41, 5.74) is 0.116. The molecule has 0 aromatic carbocycles. The van der Waals surface area contributed by atoms with Gasteiger partial charge in [0.1, 0.15) is 6.61 Å². The van der Waals surface area contributed by atoms with Crippen LogP contribution in [-0.2, 0) is 9.53 Å². The fraction of sp³-hybridized carbons (Fsp3) is 0.571. The van der Waals surface area contributed by atoms with Gasteiger partial charge in [0, 0.05) is 0 Å². The normalized spacial score (nSPS) is 14.3. The zero-order valence-corrected chi connectivity index (χ0v) is 6.57. The van der Waals surface area contributed by atoms with E-state index >= 15 is 0 Å². The van der Waals surface area contributed by atoms with Crippen LogP contribution < -0.4 is 0 Å². The highest BCUT2D eigenvalue weighted by molar-refractivity contribution is 5.87. The van der Waals surface area contributed by atoms with Crippen molar-refractivity contribution in [3.05, 3.63) is 11.8 Å². The van der Waals surface area contributed by atoms with Crippen LogP contribution in [0.4, 0.5) is 0 Å². The summed E-state index contributed by atoms with van der Waals surface area (Å²) in [6, 6.07) is 0. The van der Waals surface area contributed by atoms with Gasteiger partial charge in [-0.1, -0.05) is 0 Å². The molecule has 0 heterocycles. The van der Waals surface area contributed by atoms with Crippen LogP contribution in [0.25, 0.3) is 0 Å². The Morgan fingerprint density at radius 2 is 2.27 bits per heavy atom. The summed E-state index contributed by atoms with van der Waals surface area (Å²) < 4.78 is 4.54. The van der Waals surface area contributed by atoms with Crippen LogP contribution in [0.1, 0.15) is 13.8 Å². The molecule has 0 aliphatic heterocycles. The Hall–Kier alpha value is -1.03. The third-order valence-corrected chi connectivity index (χ3v) is 0.971. The molecule has 0 aliphatic rings. The van der Waals surface area contributed by atoms with Gasteiger partial charge in [-0.15, -0.1) is 0 Å². The van der Waals surface area contributed by atoms with Crippen molar-refractivity contribution in [2.24, 2.45) is 0 Å². The molecule has 0 saturated carbocycles. The molecule has 1 atom stereocenters. The lowest BCUT2D eigenvalue weighted by Crippen LogP contribution is -2.15. The lowest BCUT2D eigenvalue weighted by molar-refractivity contribution is -0.141. The van der Waals surface area contributed by atoms with E-state index in [9.17, 15) is 4.79 Å². The fourth-order valence-corrected chi connectivity index (χ4v) is 0.363. The van der Waals surface area contributed by atoms with Crippen LogP contribution in [0.15, 0.2) is 11.8 Å². The molecule has 4 heteroatoms. The van der Waals surface area contributed by atoms with Crippen molar-refractivity contribution in [1.29, 1.82) is 0 Å². The minimum Gasteiger partial charge on any atom is -0.515 e. The Bertz CT molecular complexity index is 160. The van der Waals surface area contributed by atoms with E-state index in [0.717, 1.165) is 0 Å². The molecule has 0 spiro atoms. The Balaban J connectivity index is 3.71. The average molecular weight is 160 g/mol. The Morgan fingerprint density at radius 3 is 2.64 bits per heavy atom. The molecule has 0 aromatic heterocycles. The molecule has 0 aliphatic carbocycles. The van der Waals surface area contributed by atoms with Crippen molar-refractivity contribution in [3.8, 4) is 0 Å². The number of aliphatic hydroxyl groups excluding tert-OH is 2. The molecule has 1 unspecified atom stereocenters. The van der Waals surface area contributed by atoms with Gasteiger partial charge in [0.2, 0.25) is 0 Å². The van der Waals surface area contributed by atoms with E-state index in [1.807, 2.05) is 0 Å². The third kappa shape index (κ3) is 4.38. The van der Waals surface area contributed by atoms with Gasteiger partial charge in [0.25, 0.3) is 0 Å². The summed E-state index contributed by atoms with van der Waals surface area (Å²) in [5.74, 6) is -0.617. The van der Waals surface area contributed by atoms with Gasteiger partial charge < -0.3 is 14.9 Å². The molecular formula is C7H12O4. The second kappa shape index (κ2) is 4.73. The van der Waals surface area contributed by atoms with Crippen LogP contribution in [-0.4, -0.2) is 28.9 Å². The molecule has 0 radical (unpaired) electrons. The van der Waals surface area contributed by atoms with Gasteiger partial charge in [-0.25, -0.2) is 4.79 Å². The number of rotatable bonds is 3. The summed E-state index contributed by atoms with van der Waals surface area (Å²) >= 11 is 0. The highest BCUT2D eigenvalue weighted by Gasteiger charge is 2.06. The summed E-state index contributed by atoms with van der Waals surface area (Å²) in [4.78, 5) is 10.7. The highest BCUT2D eigenvalue weighted by Crippen LogP contribution is 1.95. The minimum absolute atomic E-state index is 0.0516. The number of ether oxygens (including phenoxy) is 1. The van der Waals surface area contributed by atoms with Crippen LogP contribution in [0.3, 0.4) is 0 Å². The van der Waals surface area contributed by atoms with Crippen molar-refractivity contribution in [2.75, 3.05) is 6.61 Å². The van der Waals surface area contributed by atoms with E-state index in [0.29, 0.717) is 6.26 Å². The van der Waals surface area contributed by atoms with Gasteiger partial charge in [-0.3, -0.25) is 0 Å². The topological polar surface area (TPSA) is 66.8 Å². The van der Waals surface area contributed by atoms with Crippen LogP contribution in [0, 0.1) is 0 Å². The lowest BCUT2D eigenvalue weighted by atomic mass is 10.3. The van der Waals surface area contributed by atoms with Crippen molar-refractivity contribution in [2.45, 2.75) is 20.0 Å².